The number of rotatable bonds is 2. The summed E-state index contributed by atoms with van der Waals surface area (Å²) in [6.45, 7) is 1.92. The number of aromatic amines is 1. The largest absolute Gasteiger partial charge is 0.383 e. The predicted molar refractivity (Wildman–Crippen MR) is 79.0 cm³/mol. The number of hydrogen-bond acceptors (Lipinski definition) is 5. The number of nitrogens with zero attached hydrogens (tertiary/aromatic N) is 3. The Bertz CT molecular complexity index is 796. The third-order valence-electron chi connectivity index (χ3n) is 2.90. The molecule has 0 aromatic carbocycles. The van der Waals surface area contributed by atoms with Crippen LogP contribution < -0.4 is 5.73 Å². The van der Waals surface area contributed by atoms with Crippen molar-refractivity contribution in [3.63, 3.8) is 0 Å². The van der Waals surface area contributed by atoms with Crippen molar-refractivity contribution in [3.05, 3.63) is 41.2 Å². The molecule has 6 heteroatoms. The highest BCUT2D eigenvalue weighted by molar-refractivity contribution is 7.13. The molecule has 0 unspecified atom stereocenters. The molecule has 0 saturated carbocycles. The Morgan fingerprint density at radius 1 is 1.40 bits per heavy atom. The zero-order valence-electron chi connectivity index (χ0n) is 10.7. The van der Waals surface area contributed by atoms with Gasteiger partial charge in [-0.1, -0.05) is 0 Å². The van der Waals surface area contributed by atoms with E-state index in [1.54, 1.807) is 0 Å². The minimum absolute atomic E-state index is 0.231. The third-order valence-corrected chi connectivity index (χ3v) is 3.90. The lowest BCUT2D eigenvalue weighted by Gasteiger charge is -2.06. The van der Waals surface area contributed by atoms with Gasteiger partial charge in [0.25, 0.3) is 0 Å². The first-order valence-electron chi connectivity index (χ1n) is 5.95. The SMILES string of the molecule is Cc1csc(-c2cc(-c3cc[nH]c3)nc(N)c2C#N)n1. The van der Waals surface area contributed by atoms with E-state index in [4.69, 9.17) is 5.73 Å². The third kappa shape index (κ3) is 2.04. The molecule has 3 aromatic rings. The van der Waals surface area contributed by atoms with Crippen LogP contribution in [0.5, 0.6) is 0 Å². The Morgan fingerprint density at radius 2 is 2.25 bits per heavy atom. The predicted octanol–water partition coefficient (Wildman–Crippen LogP) is 2.96. The van der Waals surface area contributed by atoms with Crippen LogP contribution in [0.15, 0.2) is 29.9 Å². The summed E-state index contributed by atoms with van der Waals surface area (Å²) in [7, 11) is 0. The maximum atomic E-state index is 9.29. The second-order valence-electron chi connectivity index (χ2n) is 4.32. The molecule has 0 radical (unpaired) electrons. The quantitative estimate of drug-likeness (QED) is 0.755. The molecule has 0 amide bonds. The highest BCUT2D eigenvalue weighted by Crippen LogP contribution is 2.32. The van der Waals surface area contributed by atoms with Gasteiger partial charge < -0.3 is 10.7 Å². The van der Waals surface area contributed by atoms with E-state index in [2.05, 4.69) is 21.0 Å². The second kappa shape index (κ2) is 4.79. The summed E-state index contributed by atoms with van der Waals surface area (Å²) >= 11 is 1.49. The molecule has 3 heterocycles. The highest BCUT2D eigenvalue weighted by Gasteiger charge is 2.15. The van der Waals surface area contributed by atoms with Crippen LogP contribution in [0.2, 0.25) is 0 Å². The van der Waals surface area contributed by atoms with Crippen molar-refractivity contribution in [2.24, 2.45) is 0 Å². The van der Waals surface area contributed by atoms with Crippen LogP contribution in [0.4, 0.5) is 5.82 Å². The first-order valence-corrected chi connectivity index (χ1v) is 6.83. The van der Waals surface area contributed by atoms with Gasteiger partial charge in [0.2, 0.25) is 0 Å². The van der Waals surface area contributed by atoms with Gasteiger partial charge in [-0.2, -0.15) is 5.26 Å². The first kappa shape index (κ1) is 12.4. The normalized spacial score (nSPS) is 10.4. The van der Waals surface area contributed by atoms with Crippen molar-refractivity contribution < 1.29 is 0 Å². The molecule has 0 aliphatic heterocycles. The van der Waals surface area contributed by atoms with Crippen molar-refractivity contribution in [3.8, 4) is 27.9 Å². The van der Waals surface area contributed by atoms with Gasteiger partial charge in [-0.15, -0.1) is 11.3 Å². The smallest absolute Gasteiger partial charge is 0.142 e. The molecule has 0 fully saturated rings. The molecule has 0 bridgehead atoms. The fraction of sp³-hybridized carbons (Fsp3) is 0.0714. The minimum atomic E-state index is 0.231. The van der Waals surface area contributed by atoms with Crippen molar-refractivity contribution >= 4 is 17.2 Å². The summed E-state index contributed by atoms with van der Waals surface area (Å²) in [5, 5.41) is 12.0. The number of thiazole rings is 1. The van der Waals surface area contributed by atoms with E-state index in [-0.39, 0.29) is 5.82 Å². The summed E-state index contributed by atoms with van der Waals surface area (Å²) in [6, 6.07) is 5.88. The Balaban J connectivity index is 2.24. The Labute approximate surface area is 119 Å². The van der Waals surface area contributed by atoms with E-state index in [0.29, 0.717) is 5.56 Å². The lowest BCUT2D eigenvalue weighted by Crippen LogP contribution is -1.99. The molecule has 0 aliphatic carbocycles. The molecule has 3 aromatic heterocycles. The molecule has 0 aliphatic rings. The first-order chi connectivity index (χ1) is 9.69. The molecule has 0 atom stereocenters. The number of nitrogens with two attached hydrogens (primary N) is 1. The van der Waals surface area contributed by atoms with Crippen LogP contribution in [0.3, 0.4) is 0 Å². The highest BCUT2D eigenvalue weighted by atomic mass is 32.1. The van der Waals surface area contributed by atoms with Crippen molar-refractivity contribution in [2.75, 3.05) is 5.73 Å². The van der Waals surface area contributed by atoms with Gasteiger partial charge in [0.15, 0.2) is 0 Å². The fourth-order valence-electron chi connectivity index (χ4n) is 1.96. The molecular formula is C14H11N5S. The van der Waals surface area contributed by atoms with Crippen LogP contribution in [0, 0.1) is 18.3 Å². The molecule has 0 spiro atoms. The Hall–Kier alpha value is -2.65. The van der Waals surface area contributed by atoms with E-state index in [1.165, 1.54) is 11.3 Å². The van der Waals surface area contributed by atoms with E-state index in [9.17, 15) is 5.26 Å². The summed E-state index contributed by atoms with van der Waals surface area (Å²) in [4.78, 5) is 11.7. The summed E-state index contributed by atoms with van der Waals surface area (Å²) in [6.07, 6.45) is 3.66. The number of hydrogen-bond donors (Lipinski definition) is 2. The average molecular weight is 281 g/mol. The fourth-order valence-corrected chi connectivity index (χ4v) is 2.78. The number of anilines is 1. The lowest BCUT2D eigenvalue weighted by molar-refractivity contribution is 1.25. The van der Waals surface area contributed by atoms with Crippen LogP contribution in [0.1, 0.15) is 11.3 Å². The van der Waals surface area contributed by atoms with E-state index in [0.717, 1.165) is 27.5 Å². The van der Waals surface area contributed by atoms with Gasteiger partial charge in [-0.3, -0.25) is 0 Å². The summed E-state index contributed by atoms with van der Waals surface area (Å²) < 4.78 is 0. The standard InChI is InChI=1S/C14H11N5S/c1-8-7-20-14(18-8)10-4-12(9-2-3-17-6-9)19-13(16)11(10)5-15/h2-4,6-7,17H,1H3,(H2,16,19). The molecular weight excluding hydrogens is 270 g/mol. The topological polar surface area (TPSA) is 91.4 Å². The van der Waals surface area contributed by atoms with Crippen LogP contribution >= 0.6 is 11.3 Å². The molecule has 20 heavy (non-hydrogen) atoms. The number of nitrogens with one attached hydrogen (secondary N) is 1. The number of nitriles is 1. The van der Waals surface area contributed by atoms with Crippen LogP contribution in [-0.2, 0) is 0 Å². The summed E-state index contributed by atoms with van der Waals surface area (Å²) in [5.74, 6) is 0.231. The molecule has 3 N–H and O–H groups in total. The number of nitrogen functional groups attached to an aromatic ring is 1. The molecule has 3 rings (SSSR count). The van der Waals surface area contributed by atoms with E-state index < -0.39 is 0 Å². The van der Waals surface area contributed by atoms with Gasteiger partial charge in [0.05, 0.1) is 5.69 Å². The number of pyridine rings is 1. The molecule has 98 valence electrons. The number of aromatic nitrogens is 3. The van der Waals surface area contributed by atoms with Crippen molar-refractivity contribution in [2.45, 2.75) is 6.92 Å². The summed E-state index contributed by atoms with van der Waals surface area (Å²) in [5.41, 5.74) is 9.60. The lowest BCUT2D eigenvalue weighted by atomic mass is 10.1. The van der Waals surface area contributed by atoms with Crippen molar-refractivity contribution in [1.29, 1.82) is 5.26 Å². The van der Waals surface area contributed by atoms with Gasteiger partial charge in [0, 0.05) is 34.6 Å². The van der Waals surface area contributed by atoms with E-state index >= 15 is 0 Å². The van der Waals surface area contributed by atoms with Gasteiger partial charge in [-0.05, 0) is 19.1 Å². The molecule has 5 nitrogen and oxygen atoms in total. The average Bonchev–Trinajstić information content (AvgIpc) is 3.08. The van der Waals surface area contributed by atoms with Crippen LogP contribution in [-0.4, -0.2) is 15.0 Å². The zero-order chi connectivity index (χ0) is 14.1. The number of H-pyrrole nitrogens is 1. The maximum Gasteiger partial charge on any atom is 0.142 e. The van der Waals surface area contributed by atoms with Gasteiger partial charge in [-0.25, -0.2) is 9.97 Å². The minimum Gasteiger partial charge on any atom is -0.383 e. The second-order valence-corrected chi connectivity index (χ2v) is 5.18. The van der Waals surface area contributed by atoms with Crippen molar-refractivity contribution in [1.82, 2.24) is 15.0 Å². The zero-order valence-corrected chi connectivity index (χ0v) is 11.5. The van der Waals surface area contributed by atoms with Gasteiger partial charge >= 0.3 is 0 Å². The van der Waals surface area contributed by atoms with E-state index in [1.807, 2.05) is 36.8 Å². The van der Waals surface area contributed by atoms with Gasteiger partial charge in [0.1, 0.15) is 22.5 Å². The van der Waals surface area contributed by atoms with Crippen LogP contribution in [0.25, 0.3) is 21.8 Å². The monoisotopic (exact) mass is 281 g/mol. The maximum absolute atomic E-state index is 9.29. The Kier molecular flexibility index (Phi) is 2.97. The molecule has 0 saturated heterocycles. The number of aryl methyl sites for hydroxylation is 1. The Morgan fingerprint density at radius 3 is 2.85 bits per heavy atom.